The van der Waals surface area contributed by atoms with Gasteiger partial charge in [-0.2, -0.15) is 13.2 Å². The minimum Gasteiger partial charge on any atom is -0.380 e. The number of aliphatic hydroxyl groups is 1. The zero-order chi connectivity index (χ0) is 22.1. The molecule has 0 fully saturated rings. The van der Waals surface area contributed by atoms with Crippen LogP contribution in [0.2, 0.25) is 0 Å². The molecule has 0 saturated carbocycles. The van der Waals surface area contributed by atoms with Crippen LogP contribution in [0, 0.1) is 13.5 Å². The molecule has 7 heteroatoms. The predicted molar refractivity (Wildman–Crippen MR) is 109 cm³/mol. The van der Waals surface area contributed by atoms with E-state index in [0.29, 0.717) is 6.54 Å². The topological polar surface area (TPSA) is 44.9 Å². The van der Waals surface area contributed by atoms with Gasteiger partial charge in [0, 0.05) is 18.7 Å². The fourth-order valence-electron chi connectivity index (χ4n) is 3.82. The van der Waals surface area contributed by atoms with Crippen LogP contribution in [0.5, 0.6) is 0 Å². The second-order valence-corrected chi connectivity index (χ2v) is 7.99. The second-order valence-electron chi connectivity index (χ2n) is 7.99. The Labute approximate surface area is 173 Å². The van der Waals surface area contributed by atoms with Gasteiger partial charge >= 0.3 is 6.18 Å². The SMILES string of the molecule is [C-]#[N+]c1ccc(CC(=O)[C@@](C)(O)CN2CCCc3cc(C)ccc32)cc1C(F)(F)F. The summed E-state index contributed by atoms with van der Waals surface area (Å²) >= 11 is 0. The van der Waals surface area contributed by atoms with Gasteiger partial charge in [-0.3, -0.25) is 4.79 Å². The van der Waals surface area contributed by atoms with Crippen molar-refractivity contribution in [2.45, 2.75) is 44.9 Å². The minimum atomic E-state index is -4.68. The lowest BCUT2D eigenvalue weighted by Crippen LogP contribution is -2.49. The van der Waals surface area contributed by atoms with Gasteiger partial charge in [0.05, 0.1) is 18.7 Å². The van der Waals surface area contributed by atoms with E-state index in [1.807, 2.05) is 24.0 Å². The summed E-state index contributed by atoms with van der Waals surface area (Å²) in [4.78, 5) is 17.6. The number of carbonyl (C=O) groups is 1. The third-order valence-corrected chi connectivity index (χ3v) is 5.40. The lowest BCUT2D eigenvalue weighted by Gasteiger charge is -2.36. The lowest BCUT2D eigenvalue weighted by molar-refractivity contribution is -0.137. The average Bonchev–Trinajstić information content (AvgIpc) is 2.67. The molecule has 4 nitrogen and oxygen atoms in total. The fourth-order valence-corrected chi connectivity index (χ4v) is 3.82. The standard InChI is InChI=1S/C23H23F3N2O2/c1-15-6-9-20-17(11-15)5-4-10-28(20)14-22(2,30)21(29)13-16-7-8-19(27-3)18(12-16)23(24,25)26/h6-9,11-12,30H,4-5,10,13-14H2,1-2H3/t22-/m0/s1. The van der Waals surface area contributed by atoms with Gasteiger partial charge in [0.15, 0.2) is 11.5 Å². The number of aryl methyl sites for hydroxylation is 2. The molecule has 158 valence electrons. The number of anilines is 1. The molecule has 1 aliphatic heterocycles. The molecule has 0 saturated heterocycles. The second kappa shape index (κ2) is 8.11. The summed E-state index contributed by atoms with van der Waals surface area (Å²) in [6.07, 6.45) is -3.20. The van der Waals surface area contributed by atoms with Crippen molar-refractivity contribution in [2.24, 2.45) is 0 Å². The number of alkyl halides is 3. The summed E-state index contributed by atoms with van der Waals surface area (Å²) in [6, 6.07) is 9.26. The molecule has 1 atom stereocenters. The van der Waals surface area contributed by atoms with E-state index >= 15 is 0 Å². The summed E-state index contributed by atoms with van der Waals surface area (Å²) in [6.45, 7) is 11.1. The van der Waals surface area contributed by atoms with Gasteiger partial charge in [0.2, 0.25) is 0 Å². The maximum atomic E-state index is 13.2. The largest absolute Gasteiger partial charge is 0.407 e. The molecule has 0 bridgehead atoms. The Kier molecular flexibility index (Phi) is 5.91. The number of Topliss-reactive ketones (excluding diaryl/α,β-unsaturated/α-hetero) is 1. The molecular weight excluding hydrogens is 393 g/mol. The van der Waals surface area contributed by atoms with Gasteiger partial charge < -0.3 is 10.0 Å². The molecule has 0 aliphatic carbocycles. The predicted octanol–water partition coefficient (Wildman–Crippen LogP) is 4.88. The Morgan fingerprint density at radius 1 is 1.23 bits per heavy atom. The van der Waals surface area contributed by atoms with Gasteiger partial charge in [-0.05, 0) is 43.9 Å². The average molecular weight is 416 g/mol. The van der Waals surface area contributed by atoms with E-state index in [0.717, 1.165) is 41.8 Å². The minimum absolute atomic E-state index is 0.0636. The summed E-state index contributed by atoms with van der Waals surface area (Å²) in [5, 5.41) is 10.8. The van der Waals surface area contributed by atoms with Crippen LogP contribution in [0.25, 0.3) is 4.85 Å². The molecule has 30 heavy (non-hydrogen) atoms. The highest BCUT2D eigenvalue weighted by Crippen LogP contribution is 2.37. The van der Waals surface area contributed by atoms with Crippen LogP contribution >= 0.6 is 0 Å². The Bertz CT molecular complexity index is 1010. The van der Waals surface area contributed by atoms with E-state index in [1.165, 1.54) is 13.0 Å². The van der Waals surface area contributed by atoms with Crippen LogP contribution in [0.15, 0.2) is 36.4 Å². The molecule has 0 aromatic heterocycles. The summed E-state index contributed by atoms with van der Waals surface area (Å²) in [7, 11) is 0. The first-order valence-electron chi connectivity index (χ1n) is 9.69. The van der Waals surface area contributed by atoms with Crippen LogP contribution in [-0.4, -0.2) is 29.6 Å². The van der Waals surface area contributed by atoms with Gasteiger partial charge in [-0.15, -0.1) is 0 Å². The Balaban J connectivity index is 1.79. The lowest BCUT2D eigenvalue weighted by atomic mass is 9.91. The third kappa shape index (κ3) is 4.65. The van der Waals surface area contributed by atoms with Gasteiger partial charge in [-0.1, -0.05) is 35.9 Å². The number of hydrogen-bond donors (Lipinski definition) is 1. The maximum Gasteiger partial charge on any atom is 0.407 e. The van der Waals surface area contributed by atoms with E-state index in [2.05, 4.69) is 10.9 Å². The van der Waals surface area contributed by atoms with E-state index in [1.54, 1.807) is 0 Å². The number of β-amino-alcohol motifs (C(OH)–C–C–N with tert-alkyl or cyclic N) is 1. The quantitative estimate of drug-likeness (QED) is 0.707. The summed E-state index contributed by atoms with van der Waals surface area (Å²) in [5.74, 6) is -0.564. The van der Waals surface area contributed by atoms with E-state index < -0.39 is 28.8 Å². The molecule has 0 amide bonds. The highest BCUT2D eigenvalue weighted by Gasteiger charge is 2.36. The zero-order valence-electron chi connectivity index (χ0n) is 16.9. The zero-order valence-corrected chi connectivity index (χ0v) is 16.9. The van der Waals surface area contributed by atoms with Crippen molar-refractivity contribution in [3.05, 3.63) is 70.1 Å². The van der Waals surface area contributed by atoms with Gasteiger partial charge in [0.1, 0.15) is 5.60 Å². The molecule has 1 aliphatic rings. The molecular formula is C23H23F3N2O2. The number of fused-ring (bicyclic) bond motifs is 1. The first-order chi connectivity index (χ1) is 14.0. The van der Waals surface area contributed by atoms with Crippen LogP contribution < -0.4 is 4.90 Å². The van der Waals surface area contributed by atoms with Crippen molar-refractivity contribution in [2.75, 3.05) is 18.0 Å². The Morgan fingerprint density at radius 3 is 2.63 bits per heavy atom. The molecule has 0 unspecified atom stereocenters. The number of halogens is 3. The Hall–Kier alpha value is -2.85. The highest BCUT2D eigenvalue weighted by molar-refractivity contribution is 5.89. The number of nitrogens with zero attached hydrogens (tertiary/aromatic N) is 2. The molecule has 1 N–H and O–H groups in total. The maximum absolute atomic E-state index is 13.2. The molecule has 2 aromatic carbocycles. The number of carbonyl (C=O) groups excluding carboxylic acids is 1. The first-order valence-corrected chi connectivity index (χ1v) is 9.69. The summed E-state index contributed by atoms with van der Waals surface area (Å²) < 4.78 is 39.5. The summed E-state index contributed by atoms with van der Waals surface area (Å²) in [5.41, 5.74) is 0.0933. The van der Waals surface area contributed by atoms with Crippen molar-refractivity contribution >= 4 is 17.2 Å². The van der Waals surface area contributed by atoms with Crippen LogP contribution in [0.1, 0.15) is 35.6 Å². The number of hydrogen-bond acceptors (Lipinski definition) is 3. The van der Waals surface area contributed by atoms with Crippen LogP contribution in [0.3, 0.4) is 0 Å². The van der Waals surface area contributed by atoms with Gasteiger partial charge in [-0.25, -0.2) is 4.85 Å². The number of ketones is 1. The van der Waals surface area contributed by atoms with E-state index in [-0.39, 0.29) is 18.5 Å². The van der Waals surface area contributed by atoms with Crippen molar-refractivity contribution in [3.8, 4) is 0 Å². The molecule has 2 aromatic rings. The van der Waals surface area contributed by atoms with Gasteiger partial charge in [0.25, 0.3) is 0 Å². The molecule has 0 radical (unpaired) electrons. The first kappa shape index (κ1) is 21.8. The monoisotopic (exact) mass is 416 g/mol. The third-order valence-electron chi connectivity index (χ3n) is 5.40. The van der Waals surface area contributed by atoms with E-state index in [9.17, 15) is 23.1 Å². The normalized spacial score (nSPS) is 15.8. The van der Waals surface area contributed by atoms with Crippen LogP contribution in [-0.2, 0) is 23.8 Å². The van der Waals surface area contributed by atoms with Crippen molar-refractivity contribution in [1.29, 1.82) is 0 Å². The highest BCUT2D eigenvalue weighted by atomic mass is 19.4. The van der Waals surface area contributed by atoms with Crippen molar-refractivity contribution in [3.63, 3.8) is 0 Å². The molecule has 0 spiro atoms. The van der Waals surface area contributed by atoms with E-state index in [4.69, 9.17) is 6.57 Å². The van der Waals surface area contributed by atoms with Crippen molar-refractivity contribution in [1.82, 2.24) is 0 Å². The Morgan fingerprint density at radius 2 is 1.97 bits per heavy atom. The van der Waals surface area contributed by atoms with Crippen molar-refractivity contribution < 1.29 is 23.1 Å². The fraction of sp³-hybridized carbons (Fsp3) is 0.391. The smallest absolute Gasteiger partial charge is 0.380 e. The molecule has 1 heterocycles. The van der Waals surface area contributed by atoms with Crippen LogP contribution in [0.4, 0.5) is 24.5 Å². The number of benzene rings is 2. The molecule has 3 rings (SSSR count). The number of rotatable bonds is 5.